The zero-order valence-corrected chi connectivity index (χ0v) is 10.3. The van der Waals surface area contributed by atoms with Crippen LogP contribution in [0, 0.1) is 0 Å². The third-order valence-corrected chi connectivity index (χ3v) is 3.07. The van der Waals surface area contributed by atoms with Crippen molar-refractivity contribution in [3.8, 4) is 0 Å². The van der Waals surface area contributed by atoms with E-state index in [1.54, 1.807) is 30.1 Å². The van der Waals surface area contributed by atoms with Gasteiger partial charge in [-0.05, 0) is 32.4 Å². The number of pyridine rings is 1. The molecule has 2 N–H and O–H groups in total. The minimum atomic E-state index is -0.177. The van der Waals surface area contributed by atoms with Gasteiger partial charge >= 0.3 is 0 Å². The summed E-state index contributed by atoms with van der Waals surface area (Å²) in [5.41, 5.74) is 5.77. The van der Waals surface area contributed by atoms with Gasteiger partial charge in [-0.3, -0.25) is 4.79 Å². The Labute approximate surface area is 96.5 Å². The molecule has 0 atom stereocenters. The number of nitrogens with two attached hydrogens (primary N) is 1. The molecule has 88 valence electrons. The zero-order chi connectivity index (χ0) is 12.3. The second-order valence-electron chi connectivity index (χ2n) is 4.48. The Morgan fingerprint density at radius 1 is 1.50 bits per heavy atom. The van der Waals surface area contributed by atoms with Crippen LogP contribution in [0.25, 0.3) is 0 Å². The summed E-state index contributed by atoms with van der Waals surface area (Å²) in [5, 5.41) is 0. The molecule has 1 amide bonds. The van der Waals surface area contributed by atoms with Crippen molar-refractivity contribution in [2.75, 3.05) is 12.8 Å². The van der Waals surface area contributed by atoms with Crippen molar-refractivity contribution in [1.82, 2.24) is 9.88 Å². The van der Waals surface area contributed by atoms with Crippen LogP contribution in [0.3, 0.4) is 0 Å². The highest BCUT2D eigenvalue weighted by Gasteiger charge is 2.27. The standard InChI is InChI=1S/C12H19N3O/c1-5-12(2,3)15(4)11(16)9-7-6-8-10(13)14-9/h6-8H,5H2,1-4H3,(H2,13,14). The van der Waals surface area contributed by atoms with E-state index in [-0.39, 0.29) is 11.4 Å². The highest BCUT2D eigenvalue weighted by molar-refractivity contribution is 5.92. The largest absolute Gasteiger partial charge is 0.384 e. The quantitative estimate of drug-likeness (QED) is 0.848. The smallest absolute Gasteiger partial charge is 0.272 e. The first kappa shape index (κ1) is 12.5. The monoisotopic (exact) mass is 221 g/mol. The van der Waals surface area contributed by atoms with Crippen molar-refractivity contribution in [2.24, 2.45) is 0 Å². The molecule has 0 saturated carbocycles. The molecule has 16 heavy (non-hydrogen) atoms. The van der Waals surface area contributed by atoms with Crippen LogP contribution in [0.5, 0.6) is 0 Å². The number of carbonyl (C=O) groups excluding carboxylic acids is 1. The number of carbonyl (C=O) groups is 1. The molecular formula is C12H19N3O. The van der Waals surface area contributed by atoms with Crippen LogP contribution < -0.4 is 5.73 Å². The summed E-state index contributed by atoms with van der Waals surface area (Å²) in [4.78, 5) is 17.8. The molecule has 1 aromatic rings. The van der Waals surface area contributed by atoms with Crippen LogP contribution in [0.1, 0.15) is 37.7 Å². The molecule has 0 unspecified atom stereocenters. The van der Waals surface area contributed by atoms with Crippen molar-refractivity contribution < 1.29 is 4.79 Å². The number of nitrogen functional groups attached to an aromatic ring is 1. The number of anilines is 1. The van der Waals surface area contributed by atoms with Crippen molar-refractivity contribution >= 4 is 11.7 Å². The van der Waals surface area contributed by atoms with Gasteiger partial charge in [0.1, 0.15) is 11.5 Å². The Kier molecular flexibility index (Phi) is 3.52. The Hall–Kier alpha value is -1.58. The summed E-state index contributed by atoms with van der Waals surface area (Å²) in [6.07, 6.45) is 0.886. The summed E-state index contributed by atoms with van der Waals surface area (Å²) in [5.74, 6) is 0.271. The predicted octanol–water partition coefficient (Wildman–Crippen LogP) is 1.92. The average molecular weight is 221 g/mol. The van der Waals surface area contributed by atoms with Crippen LogP contribution in [0.4, 0.5) is 5.82 Å². The van der Waals surface area contributed by atoms with E-state index < -0.39 is 0 Å². The van der Waals surface area contributed by atoms with Gasteiger partial charge in [0.25, 0.3) is 5.91 Å². The van der Waals surface area contributed by atoms with E-state index in [1.807, 2.05) is 13.8 Å². The maximum atomic E-state index is 12.1. The molecule has 4 nitrogen and oxygen atoms in total. The summed E-state index contributed by atoms with van der Waals surface area (Å²) >= 11 is 0. The average Bonchev–Trinajstić information content (AvgIpc) is 2.27. The van der Waals surface area contributed by atoms with E-state index >= 15 is 0 Å². The lowest BCUT2D eigenvalue weighted by Crippen LogP contribution is -2.44. The Morgan fingerprint density at radius 3 is 2.62 bits per heavy atom. The van der Waals surface area contributed by atoms with E-state index in [4.69, 9.17) is 5.73 Å². The summed E-state index contributed by atoms with van der Waals surface area (Å²) < 4.78 is 0. The summed E-state index contributed by atoms with van der Waals surface area (Å²) in [6.45, 7) is 6.10. The number of amides is 1. The first-order valence-electron chi connectivity index (χ1n) is 5.39. The third-order valence-electron chi connectivity index (χ3n) is 3.07. The van der Waals surface area contributed by atoms with E-state index in [0.29, 0.717) is 11.5 Å². The molecule has 0 fully saturated rings. The number of hydrogen-bond acceptors (Lipinski definition) is 3. The number of aromatic nitrogens is 1. The summed E-state index contributed by atoms with van der Waals surface area (Å²) in [6, 6.07) is 5.09. The maximum absolute atomic E-state index is 12.1. The minimum Gasteiger partial charge on any atom is -0.384 e. The number of rotatable bonds is 3. The fraction of sp³-hybridized carbons (Fsp3) is 0.500. The predicted molar refractivity (Wildman–Crippen MR) is 65.1 cm³/mol. The first-order valence-corrected chi connectivity index (χ1v) is 5.39. The second kappa shape index (κ2) is 4.51. The van der Waals surface area contributed by atoms with Gasteiger partial charge in [-0.2, -0.15) is 0 Å². The summed E-state index contributed by atoms with van der Waals surface area (Å²) in [7, 11) is 1.79. The van der Waals surface area contributed by atoms with Crippen molar-refractivity contribution in [1.29, 1.82) is 0 Å². The Bertz CT molecular complexity index is 388. The highest BCUT2D eigenvalue weighted by Crippen LogP contribution is 2.18. The number of nitrogens with zero attached hydrogens (tertiary/aromatic N) is 2. The van der Waals surface area contributed by atoms with Gasteiger partial charge in [-0.1, -0.05) is 13.0 Å². The van der Waals surface area contributed by atoms with Gasteiger partial charge in [0.15, 0.2) is 0 Å². The second-order valence-corrected chi connectivity index (χ2v) is 4.48. The fourth-order valence-electron chi connectivity index (χ4n) is 1.25. The van der Waals surface area contributed by atoms with Crippen molar-refractivity contribution in [2.45, 2.75) is 32.7 Å². The lowest BCUT2D eigenvalue weighted by Gasteiger charge is -2.34. The lowest BCUT2D eigenvalue weighted by molar-refractivity contribution is 0.0614. The SMILES string of the molecule is CCC(C)(C)N(C)C(=O)c1cccc(N)n1. The van der Waals surface area contributed by atoms with Gasteiger partial charge in [0, 0.05) is 12.6 Å². The van der Waals surface area contributed by atoms with Crippen LogP contribution in [-0.4, -0.2) is 28.4 Å². The van der Waals surface area contributed by atoms with E-state index in [9.17, 15) is 4.79 Å². The molecule has 0 spiro atoms. The van der Waals surface area contributed by atoms with Crippen LogP contribution >= 0.6 is 0 Å². The molecular weight excluding hydrogens is 202 g/mol. The van der Waals surface area contributed by atoms with Crippen LogP contribution in [0.15, 0.2) is 18.2 Å². The molecule has 0 aliphatic carbocycles. The van der Waals surface area contributed by atoms with Gasteiger partial charge in [-0.25, -0.2) is 4.98 Å². The maximum Gasteiger partial charge on any atom is 0.272 e. The molecule has 1 aromatic heterocycles. The Morgan fingerprint density at radius 2 is 2.12 bits per heavy atom. The van der Waals surface area contributed by atoms with Crippen LogP contribution in [0.2, 0.25) is 0 Å². The molecule has 1 rings (SSSR count). The van der Waals surface area contributed by atoms with Crippen molar-refractivity contribution in [3.63, 3.8) is 0 Å². The van der Waals surface area contributed by atoms with Crippen molar-refractivity contribution in [3.05, 3.63) is 23.9 Å². The fourth-order valence-corrected chi connectivity index (χ4v) is 1.25. The molecule has 4 heteroatoms. The molecule has 0 saturated heterocycles. The van der Waals surface area contributed by atoms with Gasteiger partial charge in [-0.15, -0.1) is 0 Å². The molecule has 1 heterocycles. The molecule has 0 aromatic carbocycles. The molecule has 0 aliphatic rings. The highest BCUT2D eigenvalue weighted by atomic mass is 16.2. The number of hydrogen-bond donors (Lipinski definition) is 1. The van der Waals surface area contributed by atoms with Crippen LogP contribution in [-0.2, 0) is 0 Å². The lowest BCUT2D eigenvalue weighted by atomic mass is 9.99. The first-order chi connectivity index (χ1) is 7.38. The third kappa shape index (κ3) is 2.51. The van der Waals surface area contributed by atoms with Gasteiger partial charge in [0.2, 0.25) is 0 Å². The van der Waals surface area contributed by atoms with Gasteiger partial charge in [0.05, 0.1) is 0 Å². The topological polar surface area (TPSA) is 59.2 Å². The molecule has 0 bridgehead atoms. The minimum absolute atomic E-state index is 0.0980. The Balaban J connectivity index is 2.95. The van der Waals surface area contributed by atoms with E-state index in [2.05, 4.69) is 11.9 Å². The molecule has 0 aliphatic heterocycles. The molecule has 0 radical (unpaired) electrons. The van der Waals surface area contributed by atoms with E-state index in [0.717, 1.165) is 6.42 Å². The van der Waals surface area contributed by atoms with Gasteiger partial charge < -0.3 is 10.6 Å². The zero-order valence-electron chi connectivity index (χ0n) is 10.3. The van der Waals surface area contributed by atoms with E-state index in [1.165, 1.54) is 0 Å². The normalized spacial score (nSPS) is 11.2.